The first-order valence-electron chi connectivity index (χ1n) is 13.6. The molecule has 4 aromatic rings. The average Bonchev–Trinajstić information content (AvgIpc) is 3.37. The highest BCUT2D eigenvalue weighted by atomic mass is 32.1. The summed E-state index contributed by atoms with van der Waals surface area (Å²) in [7, 11) is 3.41. The summed E-state index contributed by atoms with van der Waals surface area (Å²) in [6.45, 7) is 8.25. The van der Waals surface area contributed by atoms with Crippen LogP contribution in [0.3, 0.4) is 0 Å². The normalized spacial score (nSPS) is 16.0. The van der Waals surface area contributed by atoms with Gasteiger partial charge in [-0.3, -0.25) is 4.79 Å². The monoisotopic (exact) mass is 558 g/mol. The van der Waals surface area contributed by atoms with Crippen molar-refractivity contribution in [2.45, 2.75) is 6.92 Å². The molecule has 2 fully saturated rings. The third-order valence-electron chi connectivity index (χ3n) is 7.90. The van der Waals surface area contributed by atoms with Gasteiger partial charge in [0, 0.05) is 52.4 Å². The maximum Gasteiger partial charge on any atom is 0.264 e. The molecule has 2 aliphatic rings. The molecular weight excluding hydrogens is 524 g/mol. The van der Waals surface area contributed by atoms with E-state index in [1.54, 1.807) is 20.5 Å². The van der Waals surface area contributed by atoms with Crippen LogP contribution in [0.15, 0.2) is 54.9 Å². The molecule has 0 N–H and O–H groups in total. The Balaban J connectivity index is 1.18. The summed E-state index contributed by atoms with van der Waals surface area (Å²) >= 11 is 1.48. The molecule has 1 amide bonds. The number of ether oxygens (including phenoxy) is 2. The maximum atomic E-state index is 13.7. The van der Waals surface area contributed by atoms with Gasteiger partial charge in [-0.15, -0.1) is 11.3 Å². The zero-order chi connectivity index (χ0) is 27.6. The zero-order valence-electron chi connectivity index (χ0n) is 23.2. The summed E-state index contributed by atoms with van der Waals surface area (Å²) in [5.74, 6) is 2.74. The summed E-state index contributed by atoms with van der Waals surface area (Å²) in [6, 6.07) is 16.2. The largest absolute Gasteiger partial charge is 0.495 e. The van der Waals surface area contributed by atoms with E-state index in [-0.39, 0.29) is 5.91 Å². The van der Waals surface area contributed by atoms with Gasteiger partial charge >= 0.3 is 0 Å². The van der Waals surface area contributed by atoms with Gasteiger partial charge in [-0.1, -0.05) is 24.3 Å². The molecule has 10 heteroatoms. The van der Waals surface area contributed by atoms with Crippen molar-refractivity contribution >= 4 is 44.7 Å². The van der Waals surface area contributed by atoms with E-state index in [0.717, 1.165) is 88.6 Å². The minimum Gasteiger partial charge on any atom is -0.495 e. The standard InChI is InChI=1S/C30H34N6O3S/c1-21-26-28(35-16-12-33(13-17-35)22-8-4-6-10-24(22)38-2)31-20-32-29(26)40-27(21)30(37)36-18-14-34(15-19-36)23-9-5-7-11-25(23)39-3/h4-11,20H,12-19H2,1-3H3. The number of fused-ring (bicyclic) bond motifs is 1. The van der Waals surface area contributed by atoms with E-state index in [1.165, 1.54) is 11.3 Å². The van der Waals surface area contributed by atoms with Crippen molar-refractivity contribution < 1.29 is 14.3 Å². The summed E-state index contributed by atoms with van der Waals surface area (Å²) in [5.41, 5.74) is 3.16. The molecule has 0 aliphatic carbocycles. The molecule has 0 atom stereocenters. The van der Waals surface area contributed by atoms with Crippen LogP contribution in [0.1, 0.15) is 15.2 Å². The molecule has 9 nitrogen and oxygen atoms in total. The van der Waals surface area contributed by atoms with E-state index in [0.29, 0.717) is 13.1 Å². The number of aromatic nitrogens is 2. The minimum atomic E-state index is 0.0760. The van der Waals surface area contributed by atoms with Gasteiger partial charge in [-0.05, 0) is 36.8 Å². The van der Waals surface area contributed by atoms with E-state index in [9.17, 15) is 4.79 Å². The SMILES string of the molecule is COc1ccccc1N1CCN(C(=O)c2sc3ncnc(N4CCN(c5ccccc5OC)CC4)c3c2C)CC1. The van der Waals surface area contributed by atoms with Crippen molar-refractivity contribution in [2.75, 3.05) is 81.3 Å². The third kappa shape index (κ3) is 4.77. The summed E-state index contributed by atoms with van der Waals surface area (Å²) < 4.78 is 11.1. The maximum absolute atomic E-state index is 13.7. The van der Waals surface area contributed by atoms with E-state index >= 15 is 0 Å². The highest BCUT2D eigenvalue weighted by Crippen LogP contribution is 2.37. The van der Waals surface area contributed by atoms with E-state index < -0.39 is 0 Å². The lowest BCUT2D eigenvalue weighted by molar-refractivity contribution is 0.0751. The predicted octanol–water partition coefficient (Wildman–Crippen LogP) is 4.31. The number of aryl methyl sites for hydroxylation is 1. The first-order valence-corrected chi connectivity index (χ1v) is 14.4. The van der Waals surface area contributed by atoms with Gasteiger partial charge in [0.15, 0.2) is 0 Å². The van der Waals surface area contributed by atoms with E-state index in [1.807, 2.05) is 48.2 Å². The van der Waals surface area contributed by atoms with E-state index in [2.05, 4.69) is 31.8 Å². The second-order valence-electron chi connectivity index (χ2n) is 10.0. The lowest BCUT2D eigenvalue weighted by Gasteiger charge is -2.37. The third-order valence-corrected chi connectivity index (χ3v) is 9.09. The smallest absolute Gasteiger partial charge is 0.264 e. The van der Waals surface area contributed by atoms with Gasteiger partial charge in [0.25, 0.3) is 5.91 Å². The Morgan fingerprint density at radius 2 is 1.27 bits per heavy atom. The first-order chi connectivity index (χ1) is 19.6. The zero-order valence-corrected chi connectivity index (χ0v) is 24.0. The van der Waals surface area contributed by atoms with Gasteiger partial charge in [0.2, 0.25) is 0 Å². The molecule has 208 valence electrons. The van der Waals surface area contributed by atoms with Crippen LogP contribution in [0.5, 0.6) is 11.5 Å². The Hall–Kier alpha value is -4.05. The van der Waals surface area contributed by atoms with Crippen LogP contribution in [-0.2, 0) is 0 Å². The summed E-state index contributed by atoms with van der Waals surface area (Å²) in [4.78, 5) is 33.5. The van der Waals surface area contributed by atoms with Crippen LogP contribution in [0.4, 0.5) is 17.2 Å². The quantitative estimate of drug-likeness (QED) is 0.347. The molecule has 0 radical (unpaired) electrons. The molecule has 2 aromatic carbocycles. The number of rotatable bonds is 6. The van der Waals surface area contributed by atoms with Gasteiger partial charge in [0.05, 0.1) is 35.9 Å². The number of nitrogens with zero attached hydrogens (tertiary/aromatic N) is 6. The Bertz CT molecular complexity index is 1510. The molecule has 4 heterocycles. The highest BCUT2D eigenvalue weighted by molar-refractivity contribution is 7.20. The number of carbonyl (C=O) groups is 1. The van der Waals surface area contributed by atoms with Crippen molar-refractivity contribution in [3.8, 4) is 11.5 Å². The molecule has 40 heavy (non-hydrogen) atoms. The molecule has 2 aliphatic heterocycles. The number of carbonyl (C=O) groups excluding carboxylic acids is 1. The number of benzene rings is 2. The Morgan fingerprint density at radius 3 is 1.85 bits per heavy atom. The molecule has 0 spiro atoms. The van der Waals surface area contributed by atoms with Crippen LogP contribution in [0, 0.1) is 6.92 Å². The van der Waals surface area contributed by atoms with Crippen molar-refractivity contribution in [1.29, 1.82) is 0 Å². The van der Waals surface area contributed by atoms with Crippen LogP contribution >= 0.6 is 11.3 Å². The topological polar surface area (TPSA) is 74.3 Å². The predicted molar refractivity (Wildman–Crippen MR) is 161 cm³/mol. The van der Waals surface area contributed by atoms with Gasteiger partial charge in [0.1, 0.15) is 28.5 Å². The number of hydrogen-bond donors (Lipinski definition) is 0. The molecule has 0 unspecified atom stereocenters. The Morgan fingerprint density at radius 1 is 0.750 bits per heavy atom. The lowest BCUT2D eigenvalue weighted by atomic mass is 10.1. The lowest BCUT2D eigenvalue weighted by Crippen LogP contribution is -2.48. The molecule has 0 bridgehead atoms. The number of anilines is 3. The summed E-state index contributed by atoms with van der Waals surface area (Å²) in [6.07, 6.45) is 1.63. The summed E-state index contributed by atoms with van der Waals surface area (Å²) in [5, 5.41) is 0.995. The fourth-order valence-electron chi connectivity index (χ4n) is 5.73. The van der Waals surface area contributed by atoms with Crippen molar-refractivity contribution in [3.05, 3.63) is 65.3 Å². The van der Waals surface area contributed by atoms with Gasteiger partial charge in [-0.2, -0.15) is 0 Å². The molecule has 2 aromatic heterocycles. The molecule has 2 saturated heterocycles. The van der Waals surface area contributed by atoms with Crippen LogP contribution < -0.4 is 24.2 Å². The van der Waals surface area contributed by atoms with Gasteiger partial charge < -0.3 is 29.1 Å². The second-order valence-corrected chi connectivity index (χ2v) is 11.0. The number of para-hydroxylation sites is 4. The van der Waals surface area contributed by atoms with Crippen molar-refractivity contribution in [3.63, 3.8) is 0 Å². The molecule has 0 saturated carbocycles. The number of hydrogen-bond acceptors (Lipinski definition) is 9. The van der Waals surface area contributed by atoms with Gasteiger partial charge in [-0.25, -0.2) is 9.97 Å². The average molecular weight is 559 g/mol. The van der Waals surface area contributed by atoms with Crippen molar-refractivity contribution in [2.24, 2.45) is 0 Å². The second kappa shape index (κ2) is 11.2. The number of piperazine rings is 2. The van der Waals surface area contributed by atoms with Crippen LogP contribution in [0.25, 0.3) is 10.2 Å². The molecular formula is C30H34N6O3S. The Labute approximate surface area is 238 Å². The first kappa shape index (κ1) is 26.2. The molecule has 6 rings (SSSR count). The fraction of sp³-hybridized carbons (Fsp3) is 0.367. The number of amides is 1. The van der Waals surface area contributed by atoms with E-state index in [4.69, 9.17) is 14.5 Å². The fourth-order valence-corrected chi connectivity index (χ4v) is 6.84. The number of methoxy groups -OCH3 is 2. The van der Waals surface area contributed by atoms with Crippen molar-refractivity contribution in [1.82, 2.24) is 14.9 Å². The minimum absolute atomic E-state index is 0.0760. The van der Waals surface area contributed by atoms with Crippen LogP contribution in [-0.4, -0.2) is 87.4 Å². The number of thiophene rings is 1. The van der Waals surface area contributed by atoms with Crippen LogP contribution in [0.2, 0.25) is 0 Å². The Kier molecular flexibility index (Phi) is 7.34. The highest BCUT2D eigenvalue weighted by Gasteiger charge is 2.29.